The molecule has 2 aliphatic rings. The maximum absolute atomic E-state index is 11.9. The number of amides is 2. The minimum absolute atomic E-state index is 0.0355. The van der Waals surface area contributed by atoms with Crippen LogP contribution in [0.25, 0.3) is 0 Å². The molecule has 0 aromatic heterocycles. The molecule has 0 bridgehead atoms. The summed E-state index contributed by atoms with van der Waals surface area (Å²) in [6, 6.07) is 0. The molecule has 0 spiro atoms. The van der Waals surface area contributed by atoms with Gasteiger partial charge in [0.1, 0.15) is 24.4 Å². The molecule has 0 aromatic rings. The van der Waals surface area contributed by atoms with Gasteiger partial charge in [0.15, 0.2) is 6.23 Å². The third kappa shape index (κ3) is 2.19. The minimum atomic E-state index is -1.64. The van der Waals surface area contributed by atoms with Gasteiger partial charge >= 0.3 is 0 Å². The van der Waals surface area contributed by atoms with Crippen LogP contribution >= 0.6 is 0 Å². The highest BCUT2D eigenvalue weighted by Crippen LogP contribution is 2.32. The van der Waals surface area contributed by atoms with Crippen molar-refractivity contribution in [2.24, 2.45) is 11.7 Å². The molecule has 108 valence electrons. The fourth-order valence-electron chi connectivity index (χ4n) is 2.43. The number of carbonyl (C=O) groups excluding carboxylic acids is 2. The Balaban J connectivity index is 2.17. The third-order valence-corrected chi connectivity index (χ3v) is 3.45. The Hall–Kier alpha value is -1.26. The molecule has 2 saturated heterocycles. The Morgan fingerprint density at radius 1 is 1.42 bits per heavy atom. The molecule has 2 aliphatic heterocycles. The van der Waals surface area contributed by atoms with Crippen molar-refractivity contribution in [2.45, 2.75) is 37.2 Å². The second-order valence-electron chi connectivity index (χ2n) is 4.64. The van der Waals surface area contributed by atoms with E-state index in [0.29, 0.717) is 0 Å². The number of hydrogen-bond donors (Lipinski definition) is 5. The highest BCUT2D eigenvalue weighted by Gasteiger charge is 2.54. The first kappa shape index (κ1) is 14.2. The van der Waals surface area contributed by atoms with Gasteiger partial charge in [-0.1, -0.05) is 0 Å². The molecule has 2 heterocycles. The summed E-state index contributed by atoms with van der Waals surface area (Å²) in [6.45, 7) is -0.447. The van der Waals surface area contributed by atoms with Gasteiger partial charge in [-0.3, -0.25) is 14.5 Å². The number of ether oxygens (including phenoxy) is 1. The normalized spacial score (nSPS) is 42.9. The molecule has 1 unspecified atom stereocenters. The minimum Gasteiger partial charge on any atom is -0.394 e. The van der Waals surface area contributed by atoms with E-state index < -0.39 is 55.1 Å². The molecule has 0 aliphatic carbocycles. The smallest absolute Gasteiger partial charge is 0.242 e. The highest BCUT2D eigenvalue weighted by molar-refractivity contribution is 6.02. The van der Waals surface area contributed by atoms with E-state index in [0.717, 1.165) is 4.90 Å². The van der Waals surface area contributed by atoms with Crippen LogP contribution < -0.4 is 5.73 Å². The first-order valence-corrected chi connectivity index (χ1v) is 5.80. The predicted molar refractivity (Wildman–Crippen MR) is 57.9 cm³/mol. The lowest BCUT2D eigenvalue weighted by atomic mass is 10.1. The van der Waals surface area contributed by atoms with Crippen molar-refractivity contribution < 1.29 is 34.8 Å². The van der Waals surface area contributed by atoms with Crippen LogP contribution in [0.3, 0.4) is 0 Å². The zero-order valence-electron chi connectivity index (χ0n) is 9.92. The molecule has 0 aromatic carbocycles. The van der Waals surface area contributed by atoms with E-state index in [2.05, 4.69) is 0 Å². The number of rotatable bonds is 3. The fourth-order valence-corrected chi connectivity index (χ4v) is 2.43. The maximum atomic E-state index is 11.9. The summed E-state index contributed by atoms with van der Waals surface area (Å²) < 4.78 is 5.21. The van der Waals surface area contributed by atoms with E-state index in [9.17, 15) is 24.9 Å². The molecule has 6 N–H and O–H groups in total. The first-order valence-electron chi connectivity index (χ1n) is 5.80. The lowest BCUT2D eigenvalue weighted by molar-refractivity contribution is -0.162. The fraction of sp³-hybridized carbons (Fsp3) is 0.800. The molecule has 6 atom stereocenters. The van der Waals surface area contributed by atoms with Gasteiger partial charge in [0.05, 0.1) is 12.7 Å². The van der Waals surface area contributed by atoms with Crippen molar-refractivity contribution in [1.82, 2.24) is 4.90 Å². The molecule has 19 heavy (non-hydrogen) atoms. The molecular formula is C10H16N2O7. The maximum Gasteiger partial charge on any atom is 0.242 e. The first-order chi connectivity index (χ1) is 8.88. The van der Waals surface area contributed by atoms with E-state index in [1.807, 2.05) is 0 Å². The Labute approximate surface area is 108 Å². The Morgan fingerprint density at radius 2 is 2.05 bits per heavy atom. The number of aliphatic hydroxyl groups excluding tert-OH is 4. The third-order valence-electron chi connectivity index (χ3n) is 3.45. The number of aliphatic hydroxyl groups is 4. The van der Waals surface area contributed by atoms with Crippen molar-refractivity contribution >= 4 is 11.8 Å². The van der Waals surface area contributed by atoms with Crippen LogP contribution in [-0.2, 0) is 14.3 Å². The van der Waals surface area contributed by atoms with Gasteiger partial charge < -0.3 is 30.9 Å². The molecule has 0 radical (unpaired) electrons. The molecule has 2 amide bonds. The van der Waals surface area contributed by atoms with Crippen LogP contribution in [-0.4, -0.2) is 74.5 Å². The van der Waals surface area contributed by atoms with Crippen LogP contribution in [0, 0.1) is 5.92 Å². The lowest BCUT2D eigenvalue weighted by Gasteiger charge is -2.27. The Morgan fingerprint density at radius 3 is 2.47 bits per heavy atom. The lowest BCUT2D eigenvalue weighted by Crippen LogP contribution is -2.44. The second-order valence-corrected chi connectivity index (χ2v) is 4.64. The summed E-state index contributed by atoms with van der Waals surface area (Å²) >= 11 is 0. The topological polar surface area (TPSA) is 154 Å². The number of hydrogen-bond acceptors (Lipinski definition) is 7. The van der Waals surface area contributed by atoms with Crippen molar-refractivity contribution in [1.29, 1.82) is 0 Å². The van der Waals surface area contributed by atoms with E-state index in [1.165, 1.54) is 0 Å². The average Bonchev–Trinajstić information content (AvgIpc) is 2.79. The Kier molecular flexibility index (Phi) is 3.74. The zero-order valence-corrected chi connectivity index (χ0v) is 9.92. The predicted octanol–water partition coefficient (Wildman–Crippen LogP) is -3.92. The van der Waals surface area contributed by atoms with Crippen LogP contribution in [0.1, 0.15) is 6.42 Å². The van der Waals surface area contributed by atoms with Gasteiger partial charge in [-0.05, 0) is 0 Å². The number of nitrogens with zero attached hydrogens (tertiary/aromatic N) is 1. The SMILES string of the molecule is NC(=O)C1C(=O)N([C@H]2C[C@H](O)[C@@H](CO)O2)[C@@H](O)[C@@H]1O. The van der Waals surface area contributed by atoms with Crippen LogP contribution in [0.4, 0.5) is 0 Å². The molecule has 2 fully saturated rings. The monoisotopic (exact) mass is 276 g/mol. The quantitative estimate of drug-likeness (QED) is 0.330. The number of likely N-dealkylation sites (tertiary alicyclic amines) is 1. The van der Waals surface area contributed by atoms with Crippen LogP contribution in [0.5, 0.6) is 0 Å². The highest BCUT2D eigenvalue weighted by atomic mass is 16.5. The molecule has 9 heteroatoms. The number of nitrogens with two attached hydrogens (primary N) is 1. The summed E-state index contributed by atoms with van der Waals surface area (Å²) in [5.41, 5.74) is 4.99. The summed E-state index contributed by atoms with van der Waals surface area (Å²) in [5, 5.41) is 37.9. The summed E-state index contributed by atoms with van der Waals surface area (Å²) in [4.78, 5) is 23.8. The summed E-state index contributed by atoms with van der Waals surface area (Å²) in [6.07, 6.45) is -6.21. The summed E-state index contributed by atoms with van der Waals surface area (Å²) in [5.74, 6) is -3.44. The standard InChI is InChI=1S/C10H16N2O7/c11-8(16)6-7(15)10(18)12(9(6)17)5-1-3(14)4(2-13)19-5/h3-7,10,13-15,18H,1-2H2,(H2,11,16)/t3-,4+,5+,6?,7+,10-/m0/s1. The van der Waals surface area contributed by atoms with E-state index in [1.54, 1.807) is 0 Å². The van der Waals surface area contributed by atoms with Gasteiger partial charge in [-0.25, -0.2) is 0 Å². The van der Waals surface area contributed by atoms with Crippen molar-refractivity contribution in [3.05, 3.63) is 0 Å². The van der Waals surface area contributed by atoms with Gasteiger partial charge in [0.25, 0.3) is 0 Å². The molecule has 2 rings (SSSR count). The zero-order chi connectivity index (χ0) is 14.3. The van der Waals surface area contributed by atoms with Crippen LogP contribution in [0.15, 0.2) is 0 Å². The van der Waals surface area contributed by atoms with Crippen molar-refractivity contribution in [3.8, 4) is 0 Å². The number of primary amides is 1. The van der Waals surface area contributed by atoms with Gasteiger partial charge in [-0.15, -0.1) is 0 Å². The van der Waals surface area contributed by atoms with E-state index in [-0.39, 0.29) is 6.42 Å². The molecule has 0 saturated carbocycles. The summed E-state index contributed by atoms with van der Waals surface area (Å²) in [7, 11) is 0. The largest absolute Gasteiger partial charge is 0.394 e. The average molecular weight is 276 g/mol. The molecular weight excluding hydrogens is 260 g/mol. The molecule has 9 nitrogen and oxygen atoms in total. The van der Waals surface area contributed by atoms with Gasteiger partial charge in [-0.2, -0.15) is 0 Å². The number of carbonyl (C=O) groups is 2. The van der Waals surface area contributed by atoms with Crippen LogP contribution in [0.2, 0.25) is 0 Å². The van der Waals surface area contributed by atoms with Gasteiger partial charge in [0, 0.05) is 6.42 Å². The van der Waals surface area contributed by atoms with E-state index >= 15 is 0 Å². The van der Waals surface area contributed by atoms with Crippen molar-refractivity contribution in [3.63, 3.8) is 0 Å². The van der Waals surface area contributed by atoms with Gasteiger partial charge in [0.2, 0.25) is 11.8 Å². The Bertz CT molecular complexity index is 390. The van der Waals surface area contributed by atoms with Crippen molar-refractivity contribution in [2.75, 3.05) is 6.61 Å². The van der Waals surface area contributed by atoms with E-state index in [4.69, 9.17) is 15.6 Å². The second kappa shape index (κ2) is 5.02.